The molecule has 3 aromatic rings. The minimum absolute atomic E-state index is 0.00599. The standard InChI is InChI=1S/C32H36N2O6/c1-4-6-17-39-25-10-8-9-24(19-25)30(35)28-29(23-11-12-26(27(20-23)38-3)40-18-7-5-2)34(32(37)31(28)36)21-22-13-15-33-16-14-22/h8-16,19-20,29,35H,4-7,17-18,21H2,1-3H3. The summed E-state index contributed by atoms with van der Waals surface area (Å²) in [6, 6.07) is 15.0. The molecule has 1 unspecified atom stereocenters. The Kier molecular flexibility index (Phi) is 9.78. The van der Waals surface area contributed by atoms with Gasteiger partial charge in [0, 0.05) is 24.5 Å². The highest BCUT2D eigenvalue weighted by Crippen LogP contribution is 2.43. The molecular weight excluding hydrogens is 508 g/mol. The summed E-state index contributed by atoms with van der Waals surface area (Å²) in [5.74, 6) is -0.0757. The van der Waals surface area contributed by atoms with Crippen molar-refractivity contribution in [1.82, 2.24) is 9.88 Å². The van der Waals surface area contributed by atoms with Crippen LogP contribution in [0.4, 0.5) is 0 Å². The van der Waals surface area contributed by atoms with Crippen LogP contribution >= 0.6 is 0 Å². The average Bonchev–Trinajstić information content (AvgIpc) is 3.22. The van der Waals surface area contributed by atoms with Gasteiger partial charge in [-0.15, -0.1) is 0 Å². The maximum Gasteiger partial charge on any atom is 0.295 e. The van der Waals surface area contributed by atoms with Gasteiger partial charge in [0.2, 0.25) is 0 Å². The summed E-state index contributed by atoms with van der Waals surface area (Å²) in [5.41, 5.74) is 1.82. The lowest BCUT2D eigenvalue weighted by Crippen LogP contribution is -2.29. The van der Waals surface area contributed by atoms with E-state index in [2.05, 4.69) is 18.8 Å². The van der Waals surface area contributed by atoms with E-state index in [4.69, 9.17) is 14.2 Å². The molecule has 0 aliphatic carbocycles. The zero-order valence-corrected chi connectivity index (χ0v) is 23.3. The fourth-order valence-corrected chi connectivity index (χ4v) is 4.60. The Balaban J connectivity index is 1.79. The first-order valence-corrected chi connectivity index (χ1v) is 13.7. The van der Waals surface area contributed by atoms with Crippen LogP contribution in [0.2, 0.25) is 0 Å². The van der Waals surface area contributed by atoms with E-state index >= 15 is 0 Å². The normalized spacial score (nSPS) is 16.3. The van der Waals surface area contributed by atoms with Crippen LogP contribution in [0.15, 0.2) is 72.6 Å². The van der Waals surface area contributed by atoms with Gasteiger partial charge in [-0.2, -0.15) is 0 Å². The monoisotopic (exact) mass is 544 g/mol. The number of amides is 1. The number of pyridine rings is 1. The first-order chi connectivity index (χ1) is 19.5. The number of hydrogen-bond acceptors (Lipinski definition) is 7. The number of ether oxygens (including phenoxy) is 3. The minimum atomic E-state index is -0.851. The van der Waals surface area contributed by atoms with Crippen molar-refractivity contribution in [3.05, 3.63) is 89.3 Å². The number of ketones is 1. The molecule has 1 N–H and O–H groups in total. The second-order valence-corrected chi connectivity index (χ2v) is 9.62. The molecule has 0 bridgehead atoms. The lowest BCUT2D eigenvalue weighted by atomic mass is 9.94. The predicted octanol–water partition coefficient (Wildman–Crippen LogP) is 6.07. The van der Waals surface area contributed by atoms with E-state index < -0.39 is 17.7 Å². The number of aliphatic hydroxyl groups excluding tert-OH is 1. The van der Waals surface area contributed by atoms with Crippen LogP contribution in [-0.4, -0.2) is 47.0 Å². The predicted molar refractivity (Wildman–Crippen MR) is 152 cm³/mol. The van der Waals surface area contributed by atoms with Crippen molar-refractivity contribution >= 4 is 17.4 Å². The molecule has 1 aliphatic heterocycles. The van der Waals surface area contributed by atoms with Crippen LogP contribution < -0.4 is 14.2 Å². The van der Waals surface area contributed by atoms with Crippen LogP contribution in [0, 0.1) is 0 Å². The third kappa shape index (κ3) is 6.45. The van der Waals surface area contributed by atoms with Crippen molar-refractivity contribution in [2.24, 2.45) is 0 Å². The highest BCUT2D eigenvalue weighted by atomic mass is 16.5. The van der Waals surface area contributed by atoms with Crippen molar-refractivity contribution in [3.8, 4) is 17.2 Å². The van der Waals surface area contributed by atoms with Gasteiger partial charge in [-0.25, -0.2) is 0 Å². The molecular formula is C32H36N2O6. The second kappa shape index (κ2) is 13.6. The van der Waals surface area contributed by atoms with Gasteiger partial charge in [-0.05, 0) is 60.4 Å². The molecule has 1 atom stereocenters. The van der Waals surface area contributed by atoms with Crippen molar-refractivity contribution < 1.29 is 28.9 Å². The molecule has 1 aromatic heterocycles. The van der Waals surface area contributed by atoms with E-state index in [9.17, 15) is 14.7 Å². The summed E-state index contributed by atoms with van der Waals surface area (Å²) in [6.07, 6.45) is 7.06. The number of unbranched alkanes of at least 4 members (excludes halogenated alkanes) is 2. The van der Waals surface area contributed by atoms with E-state index in [1.807, 2.05) is 0 Å². The molecule has 0 radical (unpaired) electrons. The quantitative estimate of drug-likeness (QED) is 0.121. The Morgan fingerprint density at radius 3 is 2.35 bits per heavy atom. The summed E-state index contributed by atoms with van der Waals surface area (Å²) >= 11 is 0. The molecule has 4 rings (SSSR count). The first-order valence-electron chi connectivity index (χ1n) is 13.7. The van der Waals surface area contributed by atoms with Gasteiger partial charge in [-0.3, -0.25) is 14.6 Å². The fourth-order valence-electron chi connectivity index (χ4n) is 4.60. The molecule has 2 aromatic carbocycles. The van der Waals surface area contributed by atoms with E-state index in [-0.39, 0.29) is 17.9 Å². The molecule has 8 nitrogen and oxygen atoms in total. The van der Waals surface area contributed by atoms with Gasteiger partial charge in [0.1, 0.15) is 11.5 Å². The Morgan fingerprint density at radius 1 is 0.925 bits per heavy atom. The van der Waals surface area contributed by atoms with Gasteiger partial charge < -0.3 is 24.2 Å². The smallest absolute Gasteiger partial charge is 0.295 e. The molecule has 0 saturated carbocycles. The number of methoxy groups -OCH3 is 1. The Hall–Kier alpha value is -4.33. The fraction of sp³-hybridized carbons (Fsp3) is 0.344. The summed E-state index contributed by atoms with van der Waals surface area (Å²) in [6.45, 7) is 5.41. The van der Waals surface area contributed by atoms with Crippen LogP contribution in [0.3, 0.4) is 0 Å². The van der Waals surface area contributed by atoms with Gasteiger partial charge in [0.15, 0.2) is 11.5 Å². The number of Topliss-reactive ketones (excluding diaryl/α,β-unsaturated/α-hetero) is 1. The number of aliphatic hydroxyl groups is 1. The van der Waals surface area contributed by atoms with Crippen LogP contribution in [0.25, 0.3) is 5.76 Å². The number of rotatable bonds is 13. The molecule has 1 aliphatic rings. The van der Waals surface area contributed by atoms with E-state index in [1.54, 1.807) is 74.1 Å². The molecule has 2 heterocycles. The summed E-state index contributed by atoms with van der Waals surface area (Å²) < 4.78 is 17.3. The largest absolute Gasteiger partial charge is 0.507 e. The number of carbonyl (C=O) groups excluding carboxylic acids is 2. The molecule has 40 heavy (non-hydrogen) atoms. The van der Waals surface area contributed by atoms with Gasteiger partial charge >= 0.3 is 0 Å². The third-order valence-corrected chi connectivity index (χ3v) is 6.78. The SMILES string of the molecule is CCCCOc1cccc(C(O)=C2C(=O)C(=O)N(Cc3ccncc3)C2c2ccc(OCCCC)c(OC)c2)c1. The topological polar surface area (TPSA) is 98.2 Å². The van der Waals surface area contributed by atoms with Crippen LogP contribution in [0.5, 0.6) is 17.2 Å². The number of benzene rings is 2. The summed E-state index contributed by atoms with van der Waals surface area (Å²) in [5, 5.41) is 11.5. The molecule has 8 heteroatoms. The molecule has 1 saturated heterocycles. The molecule has 210 valence electrons. The number of nitrogens with zero attached hydrogens (tertiary/aromatic N) is 2. The Morgan fingerprint density at radius 2 is 1.65 bits per heavy atom. The molecule has 1 fully saturated rings. The highest BCUT2D eigenvalue weighted by molar-refractivity contribution is 6.46. The highest BCUT2D eigenvalue weighted by Gasteiger charge is 2.46. The lowest BCUT2D eigenvalue weighted by Gasteiger charge is -2.26. The van der Waals surface area contributed by atoms with Crippen LogP contribution in [0.1, 0.15) is 62.3 Å². The molecule has 0 spiro atoms. The number of carbonyl (C=O) groups is 2. The third-order valence-electron chi connectivity index (χ3n) is 6.78. The van der Waals surface area contributed by atoms with Crippen molar-refractivity contribution in [3.63, 3.8) is 0 Å². The minimum Gasteiger partial charge on any atom is -0.507 e. The zero-order chi connectivity index (χ0) is 28.5. The van der Waals surface area contributed by atoms with Crippen LogP contribution in [-0.2, 0) is 16.1 Å². The zero-order valence-electron chi connectivity index (χ0n) is 23.3. The van der Waals surface area contributed by atoms with Crippen molar-refractivity contribution in [1.29, 1.82) is 0 Å². The first kappa shape index (κ1) is 28.7. The second-order valence-electron chi connectivity index (χ2n) is 9.62. The average molecular weight is 545 g/mol. The maximum atomic E-state index is 13.5. The van der Waals surface area contributed by atoms with E-state index in [1.165, 1.54) is 4.90 Å². The van der Waals surface area contributed by atoms with Crippen molar-refractivity contribution in [2.45, 2.75) is 52.1 Å². The van der Waals surface area contributed by atoms with E-state index in [0.717, 1.165) is 31.2 Å². The summed E-state index contributed by atoms with van der Waals surface area (Å²) in [4.78, 5) is 32.4. The lowest BCUT2D eigenvalue weighted by molar-refractivity contribution is -0.140. The van der Waals surface area contributed by atoms with E-state index in [0.29, 0.717) is 41.6 Å². The Labute approximate surface area is 235 Å². The number of hydrogen-bond donors (Lipinski definition) is 1. The molecule has 1 amide bonds. The number of likely N-dealkylation sites (tertiary alicyclic amines) is 1. The Bertz CT molecular complexity index is 1350. The number of aromatic nitrogens is 1. The van der Waals surface area contributed by atoms with Gasteiger partial charge in [0.25, 0.3) is 11.7 Å². The van der Waals surface area contributed by atoms with Gasteiger partial charge in [0.05, 0.1) is 31.9 Å². The van der Waals surface area contributed by atoms with Crippen molar-refractivity contribution in [2.75, 3.05) is 20.3 Å². The maximum absolute atomic E-state index is 13.5. The van der Waals surface area contributed by atoms with Gasteiger partial charge in [-0.1, -0.05) is 44.9 Å². The summed E-state index contributed by atoms with van der Waals surface area (Å²) in [7, 11) is 1.55.